The molecule has 8 aliphatic heterocycles. The van der Waals surface area contributed by atoms with Crippen molar-refractivity contribution in [3.05, 3.63) is 0 Å². The average Bonchev–Trinajstić information content (AvgIpc) is 0.784. The summed E-state index contributed by atoms with van der Waals surface area (Å²) in [5.74, 6) is -4.01. The standard InChI is InChI=1S/C23H45N5O9.C21H39N5O10.2C16H27NO11/c1-12-13(2)20(22(32)33)36-23(18(12)30)37-21-17(27-15(4)29)14(3)35-16(19(21)31)11-34-26-7-10-28(8-5-24)9-6-25;1-9-10(2)18(20(31)32)35-21(16(9)29)36-19-15(24-12(4)27)11(3)34-13(17(19)30)8-33-26-25-14(28)6-5-7-23-22;2*1-5-8(17-6(2)19)12(9(20)7(4-18)26-5)27-16-11(22)10(21)13(25-3)14(28-16)15(23)24/h12-14,16-21,23,26,30-31H,5-11,24-25H2,1-4H3,(H,27,29)(H,32,33);9-11,13,15-19,21,23,26,29-30H,5-8,22H2,1-4H3,(H,24,27)(H,25,28)(H,31,32);2*5,7-14,16,18,20-22H,4H2,1-3H3,(H,17,19)(H,23,24)/t12-,13-,14-,16?,17?,18?,19+,20?,21+,23-;9-,10-,11-,13?,15?,16?,17+,18?,19+,21-;2*5-,7?,8?,9+,10+,11?,12+,13-,14?,16+/m0000/s1. The predicted octanol–water partition coefficient (Wildman–Crippen LogP) is -12.4. The number of carbonyl (C=O) groups excluding carboxylic acids is 5. The number of carboxylic acid groups (broad SMARTS) is 4. The van der Waals surface area contributed by atoms with Crippen molar-refractivity contribution in [2.24, 2.45) is 41.0 Å². The number of hydrogen-bond donors (Lipinski definition) is 27. The molecule has 8 rings (SSSR count). The molecule has 0 aromatic heterocycles. The minimum Gasteiger partial charge on any atom is -0.479 e. The Bertz CT molecular complexity index is 3340. The van der Waals surface area contributed by atoms with Gasteiger partial charge in [-0.25, -0.2) is 24.7 Å². The third-order valence-electron chi connectivity index (χ3n) is 23.3. The topological polar surface area (TPSA) is 803 Å². The van der Waals surface area contributed by atoms with Gasteiger partial charge >= 0.3 is 23.9 Å². The lowest BCUT2D eigenvalue weighted by Crippen LogP contribution is -2.67. The molecule has 40 atom stereocenters. The van der Waals surface area contributed by atoms with Crippen molar-refractivity contribution < 1.29 is 201 Å². The first-order chi connectivity index (χ1) is 60.7. The van der Waals surface area contributed by atoms with Gasteiger partial charge < -0.3 is 181 Å². The summed E-state index contributed by atoms with van der Waals surface area (Å²) in [6, 6.07) is -3.42. The fraction of sp³-hybridized carbons (Fsp3) is 0.882. The van der Waals surface area contributed by atoms with Crippen LogP contribution in [0.1, 0.15) is 95.9 Å². The van der Waals surface area contributed by atoms with E-state index in [2.05, 4.69) is 48.1 Å². The van der Waals surface area contributed by atoms with E-state index < -0.39 is 299 Å². The summed E-state index contributed by atoms with van der Waals surface area (Å²) < 4.78 is 77.2. The van der Waals surface area contributed by atoms with E-state index in [1.54, 1.807) is 55.4 Å². The molecule has 8 fully saturated rings. The van der Waals surface area contributed by atoms with Crippen molar-refractivity contribution in [2.75, 3.05) is 86.5 Å². The number of ether oxygens (including phenoxy) is 14. The minimum atomic E-state index is -1.70. The van der Waals surface area contributed by atoms with Crippen molar-refractivity contribution in [3.8, 4) is 0 Å². The Morgan fingerprint density at radius 2 is 0.674 bits per heavy atom. The van der Waals surface area contributed by atoms with Crippen molar-refractivity contribution in [1.82, 2.24) is 48.1 Å². The predicted molar refractivity (Wildman–Crippen MR) is 432 cm³/mol. The molecule has 0 saturated carbocycles. The van der Waals surface area contributed by atoms with Gasteiger partial charge in [0, 0.05) is 94.1 Å². The second-order valence-electron chi connectivity index (χ2n) is 32.6. The SMILES string of the molecule is CC(=O)NC1[C@H](C)OC(CONCCN(CCN)CCN)[C@@H](O)[C@@H]1O[C@@H]1OC(C(=O)O)[C@@H](C)[C@H](C)C1O.CC(=O)NC1[C@H](C)OC(CONNC(=O)CCCNN)[C@@H](O)[C@@H]1O[C@@H]1OC(C(=O)O)[C@@H](C)[C@H](C)C1O.CO[C@@H]1C(C(=O)O)O[C@@H](O[C@@H]2C(NC(C)=O)[C@H](C)OC(CO)[C@H]2O)C(O)[C@H]1O.CO[C@@H]1C(C(=O)O)O[C@@H](O[C@@H]2C(NC(C)=O)[C@H](C)OC(CO)[C@H]2O)C(O)[C@H]1O. The van der Waals surface area contributed by atoms with E-state index in [0.717, 1.165) is 14.2 Å². The molecule has 5 amide bonds. The zero-order valence-electron chi connectivity index (χ0n) is 74.3. The highest BCUT2D eigenvalue weighted by Crippen LogP contribution is 2.39. The van der Waals surface area contributed by atoms with E-state index in [1.165, 1.54) is 27.7 Å². The van der Waals surface area contributed by atoms with Crippen molar-refractivity contribution >= 4 is 53.4 Å². The number of carboxylic acids is 4. The van der Waals surface area contributed by atoms with Gasteiger partial charge in [-0.2, -0.15) is 0 Å². The normalized spacial score (nSPS) is 39.9. The quantitative estimate of drug-likeness (QED) is 0.0155. The second-order valence-corrected chi connectivity index (χ2v) is 32.6. The number of nitrogens with two attached hydrogens (primary N) is 3. The van der Waals surface area contributed by atoms with Gasteiger partial charge in [0.05, 0.1) is 75.0 Å². The molecule has 8 saturated heterocycles. The molecule has 8 heterocycles. The molecular weight excluding hydrogens is 1740 g/mol. The number of aliphatic carboxylic acids is 4. The summed E-state index contributed by atoms with van der Waals surface area (Å²) in [6.45, 7) is 21.1. The molecule has 16 unspecified atom stereocenters. The first-order valence-electron chi connectivity index (χ1n) is 42.2. The average molecular weight is 1880 g/mol. The molecule has 53 heteroatoms. The Hall–Kier alpha value is -6.17. The van der Waals surface area contributed by atoms with Crippen LogP contribution in [0.25, 0.3) is 0 Å². The van der Waals surface area contributed by atoms with E-state index in [1.807, 2.05) is 0 Å². The molecule has 0 aromatic rings. The van der Waals surface area contributed by atoms with Crippen LogP contribution in [0.3, 0.4) is 0 Å². The number of amides is 5. The molecule has 0 bridgehead atoms. The summed E-state index contributed by atoms with van der Waals surface area (Å²) in [6.07, 6.45) is -39.4. The zero-order valence-corrected chi connectivity index (χ0v) is 74.3. The summed E-state index contributed by atoms with van der Waals surface area (Å²) >= 11 is 0. The number of aliphatic hydroxyl groups is 12. The highest BCUT2D eigenvalue weighted by atomic mass is 16.8. The van der Waals surface area contributed by atoms with Crippen LogP contribution in [0, 0.1) is 23.7 Å². The van der Waals surface area contributed by atoms with Gasteiger partial charge in [-0.15, -0.1) is 5.59 Å². The van der Waals surface area contributed by atoms with Gasteiger partial charge in [0.25, 0.3) is 0 Å². The van der Waals surface area contributed by atoms with Crippen LogP contribution in [0.15, 0.2) is 0 Å². The van der Waals surface area contributed by atoms with E-state index in [4.69, 9.17) is 93.3 Å². The van der Waals surface area contributed by atoms with Crippen LogP contribution in [0.5, 0.6) is 0 Å². The number of nitrogens with one attached hydrogen (secondary N) is 8. The lowest BCUT2D eigenvalue weighted by Gasteiger charge is -2.47. The third-order valence-corrected chi connectivity index (χ3v) is 23.3. The Balaban J connectivity index is 0.000000307. The monoisotopic (exact) mass is 1870 g/mol. The summed E-state index contributed by atoms with van der Waals surface area (Å²) in [5, 5.41) is 172. The van der Waals surface area contributed by atoms with Crippen LogP contribution < -0.4 is 60.5 Å². The number of rotatable bonds is 38. The largest absolute Gasteiger partial charge is 0.479 e. The minimum absolute atomic E-state index is 0.0365. The molecule has 0 spiro atoms. The smallest absolute Gasteiger partial charge is 0.335 e. The van der Waals surface area contributed by atoms with Gasteiger partial charge in [0.1, 0.15) is 122 Å². The molecule has 30 N–H and O–H groups in total. The molecule has 0 aliphatic carbocycles. The first kappa shape index (κ1) is 113. The van der Waals surface area contributed by atoms with Gasteiger partial charge in [-0.1, -0.05) is 27.7 Å². The molecule has 0 aromatic carbocycles. The van der Waals surface area contributed by atoms with Gasteiger partial charge in [0.15, 0.2) is 49.6 Å². The molecule has 53 nitrogen and oxygen atoms in total. The van der Waals surface area contributed by atoms with Gasteiger partial charge in [-0.3, -0.25) is 55.2 Å². The Morgan fingerprint density at radius 3 is 0.969 bits per heavy atom. The van der Waals surface area contributed by atoms with Gasteiger partial charge in [-0.05, 0) is 57.8 Å². The van der Waals surface area contributed by atoms with Crippen molar-refractivity contribution in [3.63, 3.8) is 0 Å². The first-order valence-corrected chi connectivity index (χ1v) is 42.2. The molecule has 129 heavy (non-hydrogen) atoms. The lowest BCUT2D eigenvalue weighted by atomic mass is 9.83. The third kappa shape index (κ3) is 31.5. The van der Waals surface area contributed by atoms with Crippen molar-refractivity contribution in [1.29, 1.82) is 0 Å². The summed E-state index contributed by atoms with van der Waals surface area (Å²) in [4.78, 5) is 117. The fourth-order valence-corrected chi connectivity index (χ4v) is 15.9. The van der Waals surface area contributed by atoms with Crippen LogP contribution in [-0.2, 0) is 119 Å². The van der Waals surface area contributed by atoms with Gasteiger partial charge in [0.2, 0.25) is 29.5 Å². The maximum atomic E-state index is 11.9. The fourth-order valence-electron chi connectivity index (χ4n) is 15.9. The summed E-state index contributed by atoms with van der Waals surface area (Å²) in [5.41, 5.74) is 21.1. The highest BCUT2D eigenvalue weighted by Gasteiger charge is 2.58. The molecular formula is C76H138N12O41. The van der Waals surface area contributed by atoms with Crippen LogP contribution >= 0.6 is 0 Å². The number of methoxy groups -OCH3 is 2. The number of carbonyl (C=O) groups is 9. The lowest BCUT2D eigenvalue weighted by molar-refractivity contribution is -0.327. The number of aliphatic hydroxyl groups excluding tert-OH is 12. The van der Waals surface area contributed by atoms with Crippen LogP contribution in [0.2, 0.25) is 0 Å². The summed E-state index contributed by atoms with van der Waals surface area (Å²) in [7, 11) is 2.31. The Labute approximate surface area is 743 Å². The molecule has 748 valence electrons. The number of hydrogen-bond acceptors (Lipinski definition) is 44. The maximum Gasteiger partial charge on any atom is 0.335 e. The second kappa shape index (κ2) is 54.4. The van der Waals surface area contributed by atoms with E-state index in [9.17, 15) is 125 Å². The van der Waals surface area contributed by atoms with E-state index >= 15 is 0 Å². The Kier molecular flexibility index (Phi) is 47.8. The molecule has 0 radical (unpaired) electrons. The highest BCUT2D eigenvalue weighted by molar-refractivity contribution is 5.77. The number of hydrazine groups is 2. The van der Waals surface area contributed by atoms with Crippen LogP contribution in [-0.4, -0.2) is 447 Å². The van der Waals surface area contributed by atoms with E-state index in [-0.39, 0.29) is 31.4 Å². The van der Waals surface area contributed by atoms with Crippen LogP contribution in [0.4, 0.5) is 0 Å². The Morgan fingerprint density at radius 1 is 0.372 bits per heavy atom. The molecule has 8 aliphatic rings. The number of nitrogens with zero attached hydrogens (tertiary/aromatic N) is 1. The number of hydroxylamine groups is 1. The van der Waals surface area contributed by atoms with Crippen molar-refractivity contribution in [2.45, 2.75) is 316 Å². The zero-order chi connectivity index (χ0) is 97.0. The maximum absolute atomic E-state index is 11.9. The van der Waals surface area contributed by atoms with E-state index in [0.29, 0.717) is 52.2 Å².